The van der Waals surface area contributed by atoms with E-state index in [9.17, 15) is 9.59 Å². The van der Waals surface area contributed by atoms with Gasteiger partial charge < -0.3 is 15.0 Å². The minimum absolute atomic E-state index is 0.113. The summed E-state index contributed by atoms with van der Waals surface area (Å²) in [5, 5.41) is 6.99. The SMILES string of the molecule is CCOC(=O)c1ccccc1NC(=O)N1CCC[C@H](n2cncn2)C1. The zero-order valence-corrected chi connectivity index (χ0v) is 14.1. The van der Waals surface area contributed by atoms with Crippen molar-refractivity contribution in [1.82, 2.24) is 19.7 Å². The van der Waals surface area contributed by atoms with E-state index in [0.717, 1.165) is 12.8 Å². The van der Waals surface area contributed by atoms with Crippen LogP contribution in [-0.2, 0) is 4.74 Å². The van der Waals surface area contributed by atoms with Gasteiger partial charge in [0.1, 0.15) is 12.7 Å². The lowest BCUT2D eigenvalue weighted by Crippen LogP contribution is -2.43. The Morgan fingerprint density at radius 1 is 1.36 bits per heavy atom. The third-order valence-electron chi connectivity index (χ3n) is 4.16. The highest BCUT2D eigenvalue weighted by atomic mass is 16.5. The van der Waals surface area contributed by atoms with Crippen molar-refractivity contribution in [2.24, 2.45) is 0 Å². The van der Waals surface area contributed by atoms with Gasteiger partial charge in [-0.25, -0.2) is 19.3 Å². The molecule has 1 aromatic carbocycles. The van der Waals surface area contributed by atoms with Crippen LogP contribution in [0.1, 0.15) is 36.2 Å². The summed E-state index contributed by atoms with van der Waals surface area (Å²) >= 11 is 0. The van der Waals surface area contributed by atoms with E-state index in [0.29, 0.717) is 24.3 Å². The molecule has 0 saturated carbocycles. The molecule has 0 unspecified atom stereocenters. The van der Waals surface area contributed by atoms with E-state index in [2.05, 4.69) is 15.4 Å². The molecule has 1 aliphatic heterocycles. The summed E-state index contributed by atoms with van der Waals surface area (Å²) in [5.74, 6) is -0.447. The van der Waals surface area contributed by atoms with Crippen molar-refractivity contribution in [3.8, 4) is 0 Å². The van der Waals surface area contributed by atoms with E-state index in [1.807, 2.05) is 0 Å². The quantitative estimate of drug-likeness (QED) is 0.861. The van der Waals surface area contributed by atoms with Gasteiger partial charge in [0.05, 0.1) is 23.9 Å². The third-order valence-corrected chi connectivity index (χ3v) is 4.16. The lowest BCUT2D eigenvalue weighted by molar-refractivity contribution is 0.0527. The van der Waals surface area contributed by atoms with E-state index < -0.39 is 5.97 Å². The first-order valence-electron chi connectivity index (χ1n) is 8.35. The van der Waals surface area contributed by atoms with Gasteiger partial charge in [-0.2, -0.15) is 5.10 Å². The number of benzene rings is 1. The molecular formula is C17H21N5O3. The number of piperidine rings is 1. The summed E-state index contributed by atoms with van der Waals surface area (Å²) in [6, 6.07) is 6.73. The molecule has 1 aliphatic rings. The van der Waals surface area contributed by atoms with Crippen molar-refractivity contribution in [2.75, 3.05) is 25.0 Å². The fourth-order valence-corrected chi connectivity index (χ4v) is 2.93. The maximum absolute atomic E-state index is 12.6. The molecule has 1 N–H and O–H groups in total. The number of urea groups is 1. The summed E-state index contributed by atoms with van der Waals surface area (Å²) in [6.45, 7) is 3.25. The second kappa shape index (κ2) is 7.78. The standard InChI is InChI=1S/C17H21N5O3/c1-2-25-16(23)14-7-3-4-8-15(14)20-17(24)21-9-5-6-13(10-21)22-12-18-11-19-22/h3-4,7-8,11-13H,2,5-6,9-10H2,1H3,(H,20,24)/t13-/m0/s1. The number of rotatable bonds is 4. The van der Waals surface area contributed by atoms with Crippen molar-refractivity contribution >= 4 is 17.7 Å². The first-order chi connectivity index (χ1) is 12.2. The number of amides is 2. The highest BCUT2D eigenvalue weighted by Crippen LogP contribution is 2.22. The Morgan fingerprint density at radius 2 is 2.20 bits per heavy atom. The van der Waals surface area contributed by atoms with Gasteiger partial charge in [0.25, 0.3) is 0 Å². The van der Waals surface area contributed by atoms with Crippen LogP contribution < -0.4 is 5.32 Å². The monoisotopic (exact) mass is 343 g/mol. The number of para-hydroxylation sites is 1. The topological polar surface area (TPSA) is 89.4 Å². The van der Waals surface area contributed by atoms with Crippen molar-refractivity contribution in [3.63, 3.8) is 0 Å². The molecular weight excluding hydrogens is 322 g/mol. The van der Waals surface area contributed by atoms with Gasteiger partial charge in [0.2, 0.25) is 0 Å². The fourth-order valence-electron chi connectivity index (χ4n) is 2.93. The molecule has 2 amide bonds. The maximum Gasteiger partial charge on any atom is 0.340 e. The van der Waals surface area contributed by atoms with Crippen LogP contribution >= 0.6 is 0 Å². The van der Waals surface area contributed by atoms with E-state index >= 15 is 0 Å². The molecule has 1 saturated heterocycles. The van der Waals surface area contributed by atoms with Gasteiger partial charge in [-0.15, -0.1) is 0 Å². The fraction of sp³-hybridized carbons (Fsp3) is 0.412. The molecule has 3 rings (SSSR count). The number of aromatic nitrogens is 3. The number of hydrogen-bond donors (Lipinski definition) is 1. The molecule has 1 aromatic heterocycles. The van der Waals surface area contributed by atoms with Crippen LogP contribution in [0.25, 0.3) is 0 Å². The predicted octanol–water partition coefficient (Wildman–Crippen LogP) is 2.32. The van der Waals surface area contributed by atoms with Gasteiger partial charge >= 0.3 is 12.0 Å². The lowest BCUT2D eigenvalue weighted by Gasteiger charge is -2.32. The Hall–Kier alpha value is -2.90. The van der Waals surface area contributed by atoms with Gasteiger partial charge in [0.15, 0.2) is 0 Å². The first kappa shape index (κ1) is 16.9. The van der Waals surface area contributed by atoms with E-state index in [1.54, 1.807) is 47.1 Å². The van der Waals surface area contributed by atoms with Gasteiger partial charge in [0, 0.05) is 13.1 Å². The summed E-state index contributed by atoms with van der Waals surface area (Å²) < 4.78 is 6.82. The molecule has 8 heteroatoms. The maximum atomic E-state index is 12.6. The normalized spacial score (nSPS) is 17.2. The molecule has 2 heterocycles. The lowest BCUT2D eigenvalue weighted by atomic mass is 10.1. The Kier molecular flexibility index (Phi) is 5.27. The molecule has 1 atom stereocenters. The number of esters is 1. The largest absolute Gasteiger partial charge is 0.462 e. The van der Waals surface area contributed by atoms with Crippen LogP contribution in [0, 0.1) is 0 Å². The van der Waals surface area contributed by atoms with Crippen LogP contribution in [0.5, 0.6) is 0 Å². The highest BCUT2D eigenvalue weighted by Gasteiger charge is 2.26. The number of nitrogens with zero attached hydrogens (tertiary/aromatic N) is 4. The summed E-state index contributed by atoms with van der Waals surface area (Å²) in [4.78, 5) is 30.4. The number of nitrogens with one attached hydrogen (secondary N) is 1. The molecule has 0 spiro atoms. The van der Waals surface area contributed by atoms with Crippen LogP contribution in [0.3, 0.4) is 0 Å². The van der Waals surface area contributed by atoms with Crippen LogP contribution in [-0.4, -0.2) is 51.4 Å². The minimum Gasteiger partial charge on any atom is -0.462 e. The molecule has 25 heavy (non-hydrogen) atoms. The van der Waals surface area contributed by atoms with Gasteiger partial charge in [-0.3, -0.25) is 0 Å². The Bertz CT molecular complexity index is 732. The zero-order chi connectivity index (χ0) is 17.6. The van der Waals surface area contributed by atoms with Crippen LogP contribution in [0.15, 0.2) is 36.9 Å². The van der Waals surface area contributed by atoms with Crippen molar-refractivity contribution in [1.29, 1.82) is 0 Å². The van der Waals surface area contributed by atoms with E-state index in [1.165, 1.54) is 6.33 Å². The molecule has 0 radical (unpaired) electrons. The van der Waals surface area contributed by atoms with E-state index in [-0.39, 0.29) is 18.7 Å². The molecule has 2 aromatic rings. The molecule has 132 valence electrons. The van der Waals surface area contributed by atoms with Gasteiger partial charge in [-0.1, -0.05) is 12.1 Å². The highest BCUT2D eigenvalue weighted by molar-refractivity contribution is 6.00. The first-order valence-corrected chi connectivity index (χ1v) is 8.35. The van der Waals surface area contributed by atoms with Crippen LogP contribution in [0.2, 0.25) is 0 Å². The second-order valence-corrected chi connectivity index (χ2v) is 5.81. The Morgan fingerprint density at radius 3 is 2.96 bits per heavy atom. The van der Waals surface area contributed by atoms with Crippen molar-refractivity contribution < 1.29 is 14.3 Å². The number of likely N-dealkylation sites (tertiary alicyclic amines) is 1. The summed E-state index contributed by atoms with van der Waals surface area (Å²) in [7, 11) is 0. The zero-order valence-electron chi connectivity index (χ0n) is 14.1. The van der Waals surface area contributed by atoms with Crippen LogP contribution in [0.4, 0.5) is 10.5 Å². The average Bonchev–Trinajstić information content (AvgIpc) is 3.17. The van der Waals surface area contributed by atoms with Gasteiger partial charge in [-0.05, 0) is 31.9 Å². The number of anilines is 1. The number of hydrogen-bond acceptors (Lipinski definition) is 5. The predicted molar refractivity (Wildman–Crippen MR) is 91.3 cm³/mol. The Labute approximate surface area is 145 Å². The third kappa shape index (κ3) is 3.96. The minimum atomic E-state index is -0.447. The number of carbonyl (C=O) groups is 2. The van der Waals surface area contributed by atoms with Crippen molar-refractivity contribution in [2.45, 2.75) is 25.8 Å². The molecule has 8 nitrogen and oxygen atoms in total. The Balaban J connectivity index is 1.69. The second-order valence-electron chi connectivity index (χ2n) is 5.81. The van der Waals surface area contributed by atoms with Crippen molar-refractivity contribution in [3.05, 3.63) is 42.5 Å². The number of carbonyl (C=O) groups excluding carboxylic acids is 2. The van der Waals surface area contributed by atoms with E-state index in [4.69, 9.17) is 4.74 Å². The summed E-state index contributed by atoms with van der Waals surface area (Å²) in [6.07, 6.45) is 5.00. The molecule has 0 aliphatic carbocycles. The average molecular weight is 343 g/mol. The molecule has 0 bridgehead atoms. The summed E-state index contributed by atoms with van der Waals surface area (Å²) in [5.41, 5.74) is 0.802. The smallest absolute Gasteiger partial charge is 0.340 e. The molecule has 1 fully saturated rings. The number of ether oxygens (including phenoxy) is 1.